The van der Waals surface area contributed by atoms with E-state index in [0.29, 0.717) is 6.61 Å². The molecule has 2 spiro atoms. The van der Waals surface area contributed by atoms with E-state index < -0.39 is 13.0 Å². The van der Waals surface area contributed by atoms with Crippen molar-refractivity contribution in [3.8, 4) is 0 Å². The van der Waals surface area contributed by atoms with E-state index in [9.17, 15) is 5.11 Å². The Morgan fingerprint density at radius 2 is 0.971 bits per heavy atom. The summed E-state index contributed by atoms with van der Waals surface area (Å²) in [6.07, 6.45) is 5.17. The molecule has 20 aliphatic rings. The maximum atomic E-state index is 9.33. The Labute approximate surface area is 182 Å². The van der Waals surface area contributed by atoms with Gasteiger partial charge in [-0.15, -0.1) is 0 Å². The molecule has 34 heavy (non-hydrogen) atoms. The van der Waals surface area contributed by atoms with E-state index in [0.717, 1.165) is 23.7 Å². The standard InChI is InChI=1S/C20H29NO.2C5H5.2Fe/c1-17-9-7-11-19(17)15-21(13-5-3-4-6-14-22)16-20-12-8-10-18(20)2;2*1-2-4-5-3-1;;/h7-12,22H,3-6,13-16H2,1-2H3;2*1-5H;;. The number of aliphatic hydroxyl groups is 1. The fraction of sp³-hybridized carbons (Fsp3) is 1.00. The summed E-state index contributed by atoms with van der Waals surface area (Å²) in [6.45, 7) is 5.08. The molecule has 186 valence electrons. The van der Waals surface area contributed by atoms with Crippen LogP contribution < -0.4 is 0 Å². The quantitative estimate of drug-likeness (QED) is 0.223. The third kappa shape index (κ3) is 0.151. The zero-order chi connectivity index (χ0) is 21.1. The van der Waals surface area contributed by atoms with Gasteiger partial charge in [0.2, 0.25) is 0 Å². The minimum absolute atomic E-state index is 0.414. The molecule has 4 heteroatoms. The number of nitrogens with zero attached hydrogens (tertiary/aromatic N) is 1. The number of fused-ring (bicyclic) bond motifs is 20. The van der Waals surface area contributed by atoms with Gasteiger partial charge in [-0.3, -0.25) is 0 Å². The van der Waals surface area contributed by atoms with Crippen LogP contribution in [0.15, 0.2) is 0 Å². The minimum atomic E-state index is -3.12. The van der Waals surface area contributed by atoms with Crippen molar-refractivity contribution in [1.82, 2.24) is 4.90 Å². The van der Waals surface area contributed by atoms with Crippen molar-refractivity contribution in [2.24, 2.45) is 0 Å². The third-order valence-electron chi connectivity index (χ3n) is 34.3. The zero-order valence-electron chi connectivity index (χ0n) is 20.5. The van der Waals surface area contributed by atoms with E-state index in [-0.39, 0.29) is 0 Å². The molecule has 0 aliphatic carbocycles. The summed E-state index contributed by atoms with van der Waals surface area (Å²) in [4.78, 5) is 27.1. The van der Waals surface area contributed by atoms with Gasteiger partial charge in [-0.25, -0.2) is 0 Å². The van der Waals surface area contributed by atoms with Gasteiger partial charge in [0.25, 0.3) is 0 Å². The normalized spacial score (nSPS) is 124. The molecule has 2 nitrogen and oxygen atoms in total. The average Bonchev–Trinajstić information content (AvgIpc) is 3.67. The second-order valence-electron chi connectivity index (χ2n) is 23.4. The van der Waals surface area contributed by atoms with E-state index in [1.165, 1.54) is 103 Å². The summed E-state index contributed by atoms with van der Waals surface area (Å²) in [5, 5.41) is 9.33. The maximum absolute atomic E-state index is 9.33. The number of hydrogen-bond acceptors (Lipinski definition) is 2. The molecule has 0 aromatic heterocycles. The van der Waals surface area contributed by atoms with Gasteiger partial charge in [0.1, 0.15) is 0 Å². The molecule has 10 unspecified atom stereocenters. The molecule has 20 fully saturated rings. The number of unbranched alkanes of at least 4 members (excludes halogenated alkanes) is 3. The molecular formula is C30H39Fe2NO. The van der Waals surface area contributed by atoms with E-state index in [2.05, 4.69) is 18.7 Å². The Morgan fingerprint density at radius 3 is 1.24 bits per heavy atom. The molecule has 20 aliphatic heterocycles. The van der Waals surface area contributed by atoms with Crippen molar-refractivity contribution in [2.45, 2.75) is 134 Å². The molecule has 0 bridgehead atoms. The van der Waals surface area contributed by atoms with Crippen molar-refractivity contribution in [2.75, 3.05) is 26.2 Å². The van der Waals surface area contributed by atoms with Crippen LogP contribution in [0.1, 0.15) is 39.5 Å². The monoisotopic (exact) mass is 541 g/mol. The van der Waals surface area contributed by atoms with Gasteiger partial charge in [0, 0.05) is 0 Å². The van der Waals surface area contributed by atoms with Gasteiger partial charge < -0.3 is 0 Å². The van der Waals surface area contributed by atoms with E-state index in [1.807, 2.05) is 0 Å². The van der Waals surface area contributed by atoms with Crippen LogP contribution in [-0.4, -0.2) is 36.2 Å². The Hall–Kier alpha value is 0.959. The molecule has 20 saturated heterocycles. The molecule has 20 rings (SSSR count). The number of aliphatic hydroxyl groups excluding tert-OH is 1. The SMILES string of the molecule is C[C]12[CH]3[CH]4[CH]5[C]1(CN(CCCCCCO)C[C]16[CH]7[CH]8[CH]9[C]1(C)[Fe]89761%10%11%12[CH]6[CH]1[CH]%10[CH]%11[CH]6%12)[Fe]43521678[CH]2[CH]1[CH]6[CH]7[CH]28. The van der Waals surface area contributed by atoms with E-state index >= 15 is 0 Å². The molecule has 0 amide bonds. The molecule has 1 N–H and O–H groups in total. The van der Waals surface area contributed by atoms with Gasteiger partial charge in [0.15, 0.2) is 0 Å². The predicted octanol–water partition coefficient (Wildman–Crippen LogP) is 8.14. The molecule has 20 heterocycles. The van der Waals surface area contributed by atoms with Crippen LogP contribution >= 0.6 is 0 Å². The topological polar surface area (TPSA) is 23.5 Å². The van der Waals surface area contributed by atoms with Crippen LogP contribution in [-0.2, 0) is 13.0 Å². The summed E-state index contributed by atoms with van der Waals surface area (Å²) in [7, 11) is 0. The summed E-state index contributed by atoms with van der Waals surface area (Å²) in [5.74, 6) is 0. The molecule has 0 saturated carbocycles. The first kappa shape index (κ1) is 13.8. The summed E-state index contributed by atoms with van der Waals surface area (Å²) in [6, 6.07) is 0. The predicted molar refractivity (Wildman–Crippen MR) is 124 cm³/mol. The van der Waals surface area contributed by atoms with Crippen molar-refractivity contribution >= 4 is 0 Å². The zero-order valence-corrected chi connectivity index (χ0v) is 22.7. The average molecular weight is 541 g/mol. The van der Waals surface area contributed by atoms with Crippen molar-refractivity contribution in [3.63, 3.8) is 0 Å². The fourth-order valence-corrected chi connectivity index (χ4v) is 194. The van der Waals surface area contributed by atoms with Crippen molar-refractivity contribution in [3.05, 3.63) is 0 Å². The first-order valence-corrected chi connectivity index (χ1v) is 28.2. The second kappa shape index (κ2) is 1.22. The van der Waals surface area contributed by atoms with E-state index in [1.54, 1.807) is 13.1 Å². The summed E-state index contributed by atoms with van der Waals surface area (Å²) in [5.41, 5.74) is 0. The van der Waals surface area contributed by atoms with Crippen molar-refractivity contribution < 1.29 is 18.1 Å². The third-order valence-corrected chi connectivity index (χ3v) is 124. The fourth-order valence-electron chi connectivity index (χ4n) is 38.8. The molecule has 0 aromatic carbocycles. The van der Waals surface area contributed by atoms with Crippen LogP contribution in [0.4, 0.5) is 0 Å². The van der Waals surface area contributed by atoms with Crippen LogP contribution in [0.2, 0.25) is 94.3 Å². The van der Waals surface area contributed by atoms with Crippen LogP contribution in [0.25, 0.3) is 0 Å². The van der Waals surface area contributed by atoms with Gasteiger partial charge in [-0.2, -0.15) is 0 Å². The Morgan fingerprint density at radius 1 is 0.559 bits per heavy atom. The first-order chi connectivity index (χ1) is 16.0. The molecule has 0 aromatic rings. The van der Waals surface area contributed by atoms with Gasteiger partial charge in [-0.1, -0.05) is 0 Å². The number of hydrogen-bond donors (Lipinski definition) is 1. The van der Waals surface area contributed by atoms with Crippen LogP contribution in [0.5, 0.6) is 0 Å². The van der Waals surface area contributed by atoms with Gasteiger partial charge in [0.05, 0.1) is 0 Å². The number of rotatable bonds is 10. The van der Waals surface area contributed by atoms with Gasteiger partial charge in [-0.05, 0) is 0 Å². The van der Waals surface area contributed by atoms with Crippen molar-refractivity contribution in [1.29, 1.82) is 0 Å². The Balaban J connectivity index is 0.824. The second-order valence-corrected chi connectivity index (χ2v) is 70.6. The molecule has 10 atom stereocenters. The van der Waals surface area contributed by atoms with E-state index in [4.69, 9.17) is 0 Å². The summed E-state index contributed by atoms with van der Waals surface area (Å²) < 4.78 is 4.24. The molecule has 0 radical (unpaired) electrons. The Kier molecular flexibility index (Phi) is 0.496. The molecular weight excluding hydrogens is 502 g/mol. The van der Waals surface area contributed by atoms with Crippen LogP contribution in [0.3, 0.4) is 0 Å². The van der Waals surface area contributed by atoms with Gasteiger partial charge >= 0.3 is 183 Å². The Bertz CT molecular complexity index is 2100. The summed E-state index contributed by atoms with van der Waals surface area (Å²) >= 11 is 0. The first-order valence-electron chi connectivity index (χ1n) is 15.8. The van der Waals surface area contributed by atoms with Crippen LogP contribution in [0, 0.1) is 0 Å².